The smallest absolute Gasteiger partial charge is 0.123 e. The first-order valence-corrected chi connectivity index (χ1v) is 6.73. The number of ether oxygens (including phenoxy) is 2. The summed E-state index contributed by atoms with van der Waals surface area (Å²) in [5, 5.41) is 0. The van der Waals surface area contributed by atoms with Gasteiger partial charge in [-0.25, -0.2) is 0 Å². The molecule has 1 aromatic carbocycles. The third kappa shape index (κ3) is 3.62. The summed E-state index contributed by atoms with van der Waals surface area (Å²) >= 11 is 5.91. The van der Waals surface area contributed by atoms with E-state index >= 15 is 0 Å². The number of halogens is 1. The Hall–Kier alpha value is -0.730. The van der Waals surface area contributed by atoms with Crippen LogP contribution in [0, 0.1) is 6.92 Å². The number of benzene rings is 1. The van der Waals surface area contributed by atoms with E-state index in [0.717, 1.165) is 24.3 Å². The summed E-state index contributed by atoms with van der Waals surface area (Å²) in [7, 11) is 0. The van der Waals surface area contributed by atoms with Gasteiger partial charge in [-0.2, -0.15) is 0 Å². The van der Waals surface area contributed by atoms with Gasteiger partial charge in [0.1, 0.15) is 12.4 Å². The molecule has 17 heavy (non-hydrogen) atoms. The van der Waals surface area contributed by atoms with E-state index in [1.165, 1.54) is 18.4 Å². The van der Waals surface area contributed by atoms with Gasteiger partial charge in [0.25, 0.3) is 0 Å². The molecular formula is C14H19ClO2. The van der Waals surface area contributed by atoms with Gasteiger partial charge >= 0.3 is 0 Å². The summed E-state index contributed by atoms with van der Waals surface area (Å²) in [6.07, 6.45) is 3.76. The van der Waals surface area contributed by atoms with Gasteiger partial charge in [0.05, 0.1) is 12.0 Å². The highest BCUT2D eigenvalue weighted by atomic mass is 35.5. The van der Waals surface area contributed by atoms with Crippen molar-refractivity contribution in [2.75, 3.05) is 13.2 Å². The first-order chi connectivity index (χ1) is 8.29. The lowest BCUT2D eigenvalue weighted by Crippen LogP contribution is -2.26. The predicted molar refractivity (Wildman–Crippen MR) is 69.8 cm³/mol. The van der Waals surface area contributed by atoms with Crippen LogP contribution in [0.25, 0.3) is 0 Å². The second-order valence-corrected chi connectivity index (χ2v) is 4.81. The Balaban J connectivity index is 1.93. The van der Waals surface area contributed by atoms with E-state index in [0.29, 0.717) is 12.5 Å². The molecule has 0 aliphatic carbocycles. The van der Waals surface area contributed by atoms with Crippen molar-refractivity contribution in [3.63, 3.8) is 0 Å². The van der Waals surface area contributed by atoms with E-state index in [1.54, 1.807) is 0 Å². The molecule has 0 aromatic heterocycles. The molecule has 3 heteroatoms. The Morgan fingerprint density at radius 3 is 3.00 bits per heavy atom. The maximum absolute atomic E-state index is 5.91. The molecule has 0 saturated carbocycles. The van der Waals surface area contributed by atoms with Crippen LogP contribution in [0.4, 0.5) is 0 Å². The van der Waals surface area contributed by atoms with E-state index in [4.69, 9.17) is 21.1 Å². The van der Waals surface area contributed by atoms with Crippen molar-refractivity contribution in [3.8, 4) is 5.75 Å². The van der Waals surface area contributed by atoms with Crippen molar-refractivity contribution in [2.45, 2.75) is 38.2 Å². The Bertz CT molecular complexity index is 359. The lowest BCUT2D eigenvalue weighted by Gasteiger charge is -2.23. The van der Waals surface area contributed by atoms with Gasteiger partial charge in [-0.05, 0) is 32.3 Å². The van der Waals surface area contributed by atoms with Crippen molar-refractivity contribution in [3.05, 3.63) is 29.3 Å². The van der Waals surface area contributed by atoms with Crippen molar-refractivity contribution in [1.29, 1.82) is 0 Å². The summed E-state index contributed by atoms with van der Waals surface area (Å²) in [6.45, 7) is 3.56. The molecule has 0 radical (unpaired) electrons. The topological polar surface area (TPSA) is 18.5 Å². The monoisotopic (exact) mass is 254 g/mol. The predicted octanol–water partition coefficient (Wildman–Crippen LogP) is 3.68. The molecule has 2 nitrogen and oxygen atoms in total. The first kappa shape index (κ1) is 12.7. The second kappa shape index (κ2) is 6.27. The SMILES string of the molecule is Cc1ccc(OCC2CCCCO2)c(CCl)c1. The standard InChI is InChI=1S/C14H19ClO2/c1-11-5-6-14(12(8-11)9-15)17-10-13-4-2-3-7-16-13/h5-6,8,13H,2-4,7,9-10H2,1H3. The minimum Gasteiger partial charge on any atom is -0.491 e. The van der Waals surface area contributed by atoms with Crippen molar-refractivity contribution in [1.82, 2.24) is 0 Å². The van der Waals surface area contributed by atoms with Gasteiger partial charge in [-0.15, -0.1) is 11.6 Å². The molecule has 0 amide bonds. The number of hydrogen-bond acceptors (Lipinski definition) is 2. The molecule has 1 atom stereocenters. The number of rotatable bonds is 4. The minimum absolute atomic E-state index is 0.244. The number of aryl methyl sites for hydroxylation is 1. The van der Waals surface area contributed by atoms with Crippen LogP contribution in [0.5, 0.6) is 5.75 Å². The third-order valence-electron chi connectivity index (χ3n) is 3.06. The van der Waals surface area contributed by atoms with E-state index in [2.05, 4.69) is 13.0 Å². The Labute approximate surface area is 108 Å². The average molecular weight is 255 g/mol. The van der Waals surface area contributed by atoms with E-state index < -0.39 is 0 Å². The van der Waals surface area contributed by atoms with Gasteiger partial charge in [0, 0.05) is 12.2 Å². The molecule has 1 aliphatic rings. The Morgan fingerprint density at radius 2 is 2.29 bits per heavy atom. The highest BCUT2D eigenvalue weighted by Crippen LogP contribution is 2.23. The van der Waals surface area contributed by atoms with Gasteiger partial charge in [0.15, 0.2) is 0 Å². The molecule has 0 N–H and O–H groups in total. The molecule has 1 saturated heterocycles. The molecule has 1 fully saturated rings. The molecule has 0 spiro atoms. The fourth-order valence-electron chi connectivity index (χ4n) is 2.08. The van der Waals surface area contributed by atoms with Crippen LogP contribution >= 0.6 is 11.6 Å². The molecule has 1 heterocycles. The van der Waals surface area contributed by atoms with Crippen LogP contribution in [0.2, 0.25) is 0 Å². The second-order valence-electron chi connectivity index (χ2n) is 4.54. The highest BCUT2D eigenvalue weighted by Gasteiger charge is 2.15. The lowest BCUT2D eigenvalue weighted by atomic mass is 10.1. The van der Waals surface area contributed by atoms with Gasteiger partial charge in [0.2, 0.25) is 0 Å². The summed E-state index contributed by atoms with van der Waals surface area (Å²) in [4.78, 5) is 0. The van der Waals surface area contributed by atoms with E-state index in [1.807, 2.05) is 12.1 Å². The van der Waals surface area contributed by atoms with Crippen LogP contribution in [-0.2, 0) is 10.6 Å². The summed E-state index contributed by atoms with van der Waals surface area (Å²) in [6, 6.07) is 6.12. The first-order valence-electron chi connectivity index (χ1n) is 6.19. The maximum atomic E-state index is 5.91. The molecular weight excluding hydrogens is 236 g/mol. The highest BCUT2D eigenvalue weighted by molar-refractivity contribution is 6.17. The van der Waals surface area contributed by atoms with Crippen molar-refractivity contribution < 1.29 is 9.47 Å². The van der Waals surface area contributed by atoms with E-state index in [-0.39, 0.29) is 6.10 Å². The van der Waals surface area contributed by atoms with Crippen LogP contribution in [0.15, 0.2) is 18.2 Å². The third-order valence-corrected chi connectivity index (χ3v) is 3.35. The normalized spacial score (nSPS) is 20.2. The minimum atomic E-state index is 0.244. The van der Waals surface area contributed by atoms with Gasteiger partial charge in [-0.3, -0.25) is 0 Å². The fraction of sp³-hybridized carbons (Fsp3) is 0.571. The summed E-state index contributed by atoms with van der Waals surface area (Å²) in [5.74, 6) is 1.38. The Morgan fingerprint density at radius 1 is 1.41 bits per heavy atom. The van der Waals surface area contributed by atoms with Crippen molar-refractivity contribution >= 4 is 11.6 Å². The number of alkyl halides is 1. The zero-order chi connectivity index (χ0) is 12.1. The van der Waals surface area contributed by atoms with E-state index in [9.17, 15) is 0 Å². The summed E-state index contributed by atoms with van der Waals surface area (Å²) in [5.41, 5.74) is 2.27. The maximum Gasteiger partial charge on any atom is 0.123 e. The molecule has 0 bridgehead atoms. The van der Waals surface area contributed by atoms with Crippen LogP contribution in [-0.4, -0.2) is 19.3 Å². The van der Waals surface area contributed by atoms with Crippen LogP contribution in [0.3, 0.4) is 0 Å². The molecule has 1 aliphatic heterocycles. The lowest BCUT2D eigenvalue weighted by molar-refractivity contribution is -0.0112. The molecule has 94 valence electrons. The van der Waals surface area contributed by atoms with Crippen molar-refractivity contribution in [2.24, 2.45) is 0 Å². The molecule has 2 rings (SSSR count). The largest absolute Gasteiger partial charge is 0.491 e. The van der Waals surface area contributed by atoms with Crippen LogP contribution < -0.4 is 4.74 Å². The average Bonchev–Trinajstić information content (AvgIpc) is 2.38. The zero-order valence-electron chi connectivity index (χ0n) is 10.2. The number of hydrogen-bond donors (Lipinski definition) is 0. The van der Waals surface area contributed by atoms with Gasteiger partial charge < -0.3 is 9.47 Å². The fourth-order valence-corrected chi connectivity index (χ4v) is 2.28. The quantitative estimate of drug-likeness (QED) is 0.763. The van der Waals surface area contributed by atoms with Crippen LogP contribution in [0.1, 0.15) is 30.4 Å². The van der Waals surface area contributed by atoms with Gasteiger partial charge in [-0.1, -0.05) is 17.7 Å². The molecule has 1 unspecified atom stereocenters. The molecule has 1 aromatic rings. The summed E-state index contributed by atoms with van der Waals surface area (Å²) < 4.78 is 11.5. The zero-order valence-corrected chi connectivity index (χ0v) is 11.0. The Kier molecular flexibility index (Phi) is 4.69.